The highest BCUT2D eigenvalue weighted by molar-refractivity contribution is 7.92. The molecule has 2 aromatic carbocycles. The molecule has 8 heteroatoms. The Morgan fingerprint density at radius 1 is 1.20 bits per heavy atom. The van der Waals surface area contributed by atoms with E-state index in [4.69, 9.17) is 21.1 Å². The van der Waals surface area contributed by atoms with Crippen LogP contribution in [0, 0.1) is 6.92 Å². The van der Waals surface area contributed by atoms with Crippen LogP contribution in [0.15, 0.2) is 47.4 Å². The lowest BCUT2D eigenvalue weighted by atomic mass is 10.2. The number of hydrogen-bond donors (Lipinski definition) is 1. The first kappa shape index (κ1) is 19.1. The number of rotatable bonds is 7. The Hall–Kier alpha value is -2.25. The van der Waals surface area contributed by atoms with Gasteiger partial charge < -0.3 is 9.47 Å². The molecule has 0 atom stereocenters. The van der Waals surface area contributed by atoms with Gasteiger partial charge in [-0.15, -0.1) is 0 Å². The van der Waals surface area contributed by atoms with Crippen molar-refractivity contribution in [2.45, 2.75) is 18.7 Å². The second-order valence-corrected chi connectivity index (χ2v) is 7.22. The molecule has 0 spiro atoms. The molecule has 0 saturated heterocycles. The van der Waals surface area contributed by atoms with Crippen LogP contribution in [0.3, 0.4) is 0 Å². The van der Waals surface area contributed by atoms with Gasteiger partial charge in [0.15, 0.2) is 6.61 Å². The van der Waals surface area contributed by atoms with Crippen LogP contribution in [-0.2, 0) is 19.6 Å². The van der Waals surface area contributed by atoms with Gasteiger partial charge >= 0.3 is 5.97 Å². The summed E-state index contributed by atoms with van der Waals surface area (Å²) in [4.78, 5) is 11.3. The topological polar surface area (TPSA) is 81.7 Å². The molecule has 0 bridgehead atoms. The molecule has 0 aliphatic carbocycles. The predicted octanol–water partition coefficient (Wildman–Crippen LogP) is 3.39. The Bertz CT molecular complexity index is 867. The van der Waals surface area contributed by atoms with Crippen molar-refractivity contribution in [2.75, 3.05) is 17.9 Å². The van der Waals surface area contributed by atoms with Crippen LogP contribution in [0.5, 0.6) is 5.75 Å². The largest absolute Gasteiger partial charge is 0.482 e. The maximum absolute atomic E-state index is 12.5. The lowest BCUT2D eigenvalue weighted by molar-refractivity contribution is -0.145. The maximum Gasteiger partial charge on any atom is 0.344 e. The summed E-state index contributed by atoms with van der Waals surface area (Å²) in [7, 11) is -3.85. The summed E-state index contributed by atoms with van der Waals surface area (Å²) < 4.78 is 37.6. The van der Waals surface area contributed by atoms with Crippen molar-refractivity contribution in [1.82, 2.24) is 0 Å². The van der Waals surface area contributed by atoms with Gasteiger partial charge in [-0.2, -0.15) is 0 Å². The van der Waals surface area contributed by atoms with Crippen LogP contribution in [0.2, 0.25) is 5.02 Å². The van der Waals surface area contributed by atoms with Gasteiger partial charge in [0.1, 0.15) is 10.6 Å². The summed E-state index contributed by atoms with van der Waals surface area (Å²) in [6.45, 7) is 3.49. The van der Waals surface area contributed by atoms with Crippen molar-refractivity contribution in [3.8, 4) is 5.75 Å². The average molecular weight is 384 g/mol. The summed E-state index contributed by atoms with van der Waals surface area (Å²) in [5, 5.41) is 0.126. The molecule has 2 rings (SSSR count). The summed E-state index contributed by atoms with van der Waals surface area (Å²) in [5.41, 5.74) is 1.07. The van der Waals surface area contributed by atoms with Gasteiger partial charge in [-0.05, 0) is 43.7 Å². The fourth-order valence-corrected chi connectivity index (χ4v) is 3.67. The molecular weight excluding hydrogens is 366 g/mol. The van der Waals surface area contributed by atoms with Crippen molar-refractivity contribution in [2.24, 2.45) is 0 Å². The zero-order chi connectivity index (χ0) is 18.4. The Kier molecular flexibility index (Phi) is 6.27. The highest BCUT2D eigenvalue weighted by Crippen LogP contribution is 2.26. The van der Waals surface area contributed by atoms with Crippen LogP contribution in [0.1, 0.15) is 12.5 Å². The highest BCUT2D eigenvalue weighted by Gasteiger charge is 2.18. The van der Waals surface area contributed by atoms with Crippen LogP contribution in [0.4, 0.5) is 5.69 Å². The lowest BCUT2D eigenvalue weighted by Crippen LogP contribution is -2.15. The van der Waals surface area contributed by atoms with E-state index in [9.17, 15) is 13.2 Å². The molecule has 1 N–H and O–H groups in total. The molecule has 0 heterocycles. The smallest absolute Gasteiger partial charge is 0.344 e. The number of nitrogens with one attached hydrogen (secondary N) is 1. The molecule has 25 heavy (non-hydrogen) atoms. The molecule has 0 aromatic heterocycles. The number of ether oxygens (including phenoxy) is 2. The zero-order valence-corrected chi connectivity index (χ0v) is 15.4. The second-order valence-electron chi connectivity index (χ2n) is 5.16. The van der Waals surface area contributed by atoms with Crippen molar-refractivity contribution in [3.05, 3.63) is 53.1 Å². The molecule has 0 fully saturated rings. The van der Waals surface area contributed by atoms with Crippen molar-refractivity contribution >= 4 is 33.3 Å². The Morgan fingerprint density at radius 2 is 1.92 bits per heavy atom. The fourth-order valence-electron chi connectivity index (χ4n) is 2.11. The van der Waals surface area contributed by atoms with Crippen LogP contribution >= 0.6 is 11.6 Å². The number of sulfonamides is 1. The van der Waals surface area contributed by atoms with E-state index in [1.54, 1.807) is 38.1 Å². The number of carbonyl (C=O) groups excluding carboxylic acids is 1. The number of esters is 1. The first-order valence-electron chi connectivity index (χ1n) is 7.49. The van der Waals surface area contributed by atoms with Crippen LogP contribution < -0.4 is 9.46 Å². The van der Waals surface area contributed by atoms with E-state index in [2.05, 4.69) is 4.72 Å². The Balaban J connectivity index is 2.20. The van der Waals surface area contributed by atoms with Crippen molar-refractivity contribution in [3.63, 3.8) is 0 Å². The minimum Gasteiger partial charge on any atom is -0.482 e. The Labute approximate surface area is 151 Å². The van der Waals surface area contributed by atoms with Gasteiger partial charge in [-0.3, -0.25) is 4.72 Å². The molecular formula is C17H18ClNO5S. The van der Waals surface area contributed by atoms with Crippen LogP contribution in [-0.4, -0.2) is 27.6 Å². The summed E-state index contributed by atoms with van der Waals surface area (Å²) >= 11 is 5.96. The van der Waals surface area contributed by atoms with E-state index in [1.807, 2.05) is 0 Å². The van der Waals surface area contributed by atoms with E-state index >= 15 is 0 Å². The van der Waals surface area contributed by atoms with Gasteiger partial charge in [-0.25, -0.2) is 13.2 Å². The van der Waals surface area contributed by atoms with Gasteiger partial charge in [0, 0.05) is 6.07 Å². The summed E-state index contributed by atoms with van der Waals surface area (Å²) in [6, 6.07) is 11.0. The second kappa shape index (κ2) is 8.22. The minimum absolute atomic E-state index is 0.0211. The SMILES string of the molecule is CCOC(=O)COc1cc(C)cc(NS(=O)(=O)c2ccccc2Cl)c1. The third kappa shape index (κ3) is 5.37. The van der Waals surface area contributed by atoms with Crippen molar-refractivity contribution in [1.29, 1.82) is 0 Å². The number of aryl methyl sites for hydroxylation is 1. The third-order valence-electron chi connectivity index (χ3n) is 3.09. The molecule has 0 aliphatic rings. The molecule has 0 amide bonds. The molecule has 0 unspecified atom stereocenters. The number of hydrogen-bond acceptors (Lipinski definition) is 5. The predicted molar refractivity (Wildman–Crippen MR) is 95.6 cm³/mol. The normalized spacial score (nSPS) is 11.0. The highest BCUT2D eigenvalue weighted by atomic mass is 35.5. The number of anilines is 1. The number of benzene rings is 2. The maximum atomic E-state index is 12.5. The number of carbonyl (C=O) groups is 1. The van der Waals surface area contributed by atoms with Crippen LogP contribution in [0.25, 0.3) is 0 Å². The van der Waals surface area contributed by atoms with Gasteiger partial charge in [0.2, 0.25) is 0 Å². The molecule has 0 radical (unpaired) electrons. The van der Waals surface area contributed by atoms with E-state index in [0.29, 0.717) is 11.4 Å². The van der Waals surface area contributed by atoms with E-state index in [0.717, 1.165) is 5.56 Å². The molecule has 0 aliphatic heterocycles. The zero-order valence-electron chi connectivity index (χ0n) is 13.8. The average Bonchev–Trinajstić information content (AvgIpc) is 2.52. The summed E-state index contributed by atoms with van der Waals surface area (Å²) in [6.07, 6.45) is 0. The molecule has 2 aromatic rings. The minimum atomic E-state index is -3.85. The first-order valence-corrected chi connectivity index (χ1v) is 9.35. The monoisotopic (exact) mass is 383 g/mol. The van der Waals surface area contributed by atoms with Crippen molar-refractivity contribution < 1.29 is 22.7 Å². The summed E-state index contributed by atoms with van der Waals surface area (Å²) in [5.74, 6) is -0.146. The third-order valence-corrected chi connectivity index (χ3v) is 4.97. The van der Waals surface area contributed by atoms with Gasteiger partial charge in [0.05, 0.1) is 17.3 Å². The number of halogens is 1. The standard InChI is InChI=1S/C17H18ClNO5S/c1-3-23-17(20)11-24-14-9-12(2)8-13(10-14)19-25(21,22)16-7-5-4-6-15(16)18/h4-10,19H,3,11H2,1-2H3. The van der Waals surface area contributed by atoms with Gasteiger partial charge in [-0.1, -0.05) is 23.7 Å². The lowest BCUT2D eigenvalue weighted by Gasteiger charge is -2.12. The first-order chi connectivity index (χ1) is 11.8. The Morgan fingerprint density at radius 3 is 2.60 bits per heavy atom. The van der Waals surface area contributed by atoms with Gasteiger partial charge in [0.25, 0.3) is 10.0 Å². The van der Waals surface area contributed by atoms with E-state index < -0.39 is 16.0 Å². The molecule has 0 saturated carbocycles. The van der Waals surface area contributed by atoms with E-state index in [-0.39, 0.29) is 23.1 Å². The fraction of sp³-hybridized carbons (Fsp3) is 0.235. The molecule has 6 nitrogen and oxygen atoms in total. The quantitative estimate of drug-likeness (QED) is 0.741. The molecule has 134 valence electrons. The van der Waals surface area contributed by atoms with E-state index in [1.165, 1.54) is 18.2 Å².